The topological polar surface area (TPSA) is 39.7 Å². The maximum Gasteiger partial charge on any atom is 0.390 e. The number of hydrogen-bond donors (Lipinski definition) is 2. The molecule has 0 saturated carbocycles. The highest BCUT2D eigenvalue weighted by atomic mass is 127. The zero-order valence-corrected chi connectivity index (χ0v) is 15.6. The molecule has 8 heteroatoms. The van der Waals surface area contributed by atoms with Gasteiger partial charge in [-0.25, -0.2) is 0 Å². The summed E-state index contributed by atoms with van der Waals surface area (Å²) in [4.78, 5) is 6.15. The predicted molar refractivity (Wildman–Crippen MR) is 92.5 cm³/mol. The summed E-state index contributed by atoms with van der Waals surface area (Å²) in [6, 6.07) is 0.528. The van der Waals surface area contributed by atoms with E-state index in [4.69, 9.17) is 0 Å². The third-order valence-electron chi connectivity index (χ3n) is 3.04. The van der Waals surface area contributed by atoms with Crippen molar-refractivity contribution in [3.8, 4) is 0 Å². The molecule has 0 aromatic carbocycles. The Balaban J connectivity index is 0. The fraction of sp³-hybridized carbons (Fsp3) is 0.923. The molecule has 0 aliphatic carbocycles. The minimum atomic E-state index is -4.13. The maximum absolute atomic E-state index is 12.0. The van der Waals surface area contributed by atoms with Crippen LogP contribution in [0.5, 0.6) is 0 Å². The smallest absolute Gasteiger partial charge is 0.356 e. The third-order valence-corrected chi connectivity index (χ3v) is 3.04. The van der Waals surface area contributed by atoms with E-state index in [-0.39, 0.29) is 30.5 Å². The summed E-state index contributed by atoms with van der Waals surface area (Å²) in [6.07, 6.45) is -2.99. The van der Waals surface area contributed by atoms with E-state index in [1.165, 1.54) is 0 Å². The summed E-state index contributed by atoms with van der Waals surface area (Å²) < 4.78 is 36.0. The fourth-order valence-corrected chi connectivity index (χ4v) is 1.49. The molecular weight excluding hydrogens is 396 g/mol. The normalized spacial score (nSPS) is 12.5. The molecule has 0 rings (SSSR count). The highest BCUT2D eigenvalue weighted by Crippen LogP contribution is 2.17. The molecule has 0 atom stereocenters. The van der Waals surface area contributed by atoms with Gasteiger partial charge in [0.25, 0.3) is 0 Å². The Bertz CT molecular complexity index is 283. The van der Waals surface area contributed by atoms with Gasteiger partial charge in [-0.2, -0.15) is 13.2 Å². The van der Waals surface area contributed by atoms with Crippen molar-refractivity contribution >= 4 is 29.9 Å². The molecule has 0 spiro atoms. The minimum absolute atomic E-state index is 0. The van der Waals surface area contributed by atoms with E-state index in [1.54, 1.807) is 7.05 Å². The predicted octanol–water partition coefficient (Wildman–Crippen LogP) is 2.84. The van der Waals surface area contributed by atoms with E-state index in [0.717, 1.165) is 19.4 Å². The van der Waals surface area contributed by atoms with Gasteiger partial charge in [0, 0.05) is 26.2 Å². The van der Waals surface area contributed by atoms with Crippen LogP contribution in [0.15, 0.2) is 4.99 Å². The summed E-state index contributed by atoms with van der Waals surface area (Å²) in [6.45, 7) is 5.85. The Labute approximate surface area is 143 Å². The number of nitrogens with zero attached hydrogens (tertiary/aromatic N) is 2. The van der Waals surface area contributed by atoms with Gasteiger partial charge in [0.05, 0.1) is 6.42 Å². The van der Waals surface area contributed by atoms with E-state index in [2.05, 4.69) is 41.4 Å². The van der Waals surface area contributed by atoms with Crippen molar-refractivity contribution in [2.45, 2.75) is 45.3 Å². The van der Waals surface area contributed by atoms with Gasteiger partial charge < -0.3 is 15.5 Å². The molecule has 0 radical (unpaired) electrons. The SMILES string of the molecule is CN=C(NCCCCN(C)C(C)C)NCCC(F)(F)F.I. The van der Waals surface area contributed by atoms with Crippen molar-refractivity contribution in [2.24, 2.45) is 4.99 Å². The molecule has 0 heterocycles. The summed E-state index contributed by atoms with van der Waals surface area (Å²) in [7, 11) is 3.63. The van der Waals surface area contributed by atoms with E-state index >= 15 is 0 Å². The summed E-state index contributed by atoms with van der Waals surface area (Å²) in [5.74, 6) is 0.423. The zero-order chi connectivity index (χ0) is 15.6. The molecule has 0 amide bonds. The lowest BCUT2D eigenvalue weighted by Crippen LogP contribution is -2.39. The van der Waals surface area contributed by atoms with Gasteiger partial charge in [0.15, 0.2) is 5.96 Å². The van der Waals surface area contributed by atoms with Crippen LogP contribution in [0, 0.1) is 0 Å². The quantitative estimate of drug-likeness (QED) is 0.273. The Morgan fingerprint density at radius 1 is 1.14 bits per heavy atom. The highest BCUT2D eigenvalue weighted by Gasteiger charge is 2.26. The first kappa shape index (κ1) is 23.0. The molecule has 4 nitrogen and oxygen atoms in total. The molecule has 0 aliphatic rings. The van der Waals surface area contributed by atoms with Crippen molar-refractivity contribution < 1.29 is 13.2 Å². The minimum Gasteiger partial charge on any atom is -0.356 e. The monoisotopic (exact) mass is 424 g/mol. The Kier molecular flexibility index (Phi) is 13.5. The largest absolute Gasteiger partial charge is 0.390 e. The van der Waals surface area contributed by atoms with Gasteiger partial charge in [-0.15, -0.1) is 24.0 Å². The summed E-state index contributed by atoms with van der Waals surface area (Å²) >= 11 is 0. The zero-order valence-electron chi connectivity index (χ0n) is 13.3. The van der Waals surface area contributed by atoms with Gasteiger partial charge >= 0.3 is 6.18 Å². The second-order valence-corrected chi connectivity index (χ2v) is 5.07. The number of aliphatic imine (C=N–C) groups is 1. The van der Waals surface area contributed by atoms with Crippen LogP contribution in [-0.4, -0.2) is 56.8 Å². The number of nitrogens with one attached hydrogen (secondary N) is 2. The van der Waals surface area contributed by atoms with Crippen molar-refractivity contribution in [2.75, 3.05) is 33.7 Å². The highest BCUT2D eigenvalue weighted by molar-refractivity contribution is 14.0. The lowest BCUT2D eigenvalue weighted by Gasteiger charge is -2.20. The number of halogens is 4. The second-order valence-electron chi connectivity index (χ2n) is 5.07. The van der Waals surface area contributed by atoms with Crippen LogP contribution in [0.1, 0.15) is 33.1 Å². The molecule has 0 bridgehead atoms. The molecule has 0 aromatic heterocycles. The Morgan fingerprint density at radius 2 is 1.71 bits per heavy atom. The maximum atomic E-state index is 12.0. The number of guanidine groups is 1. The van der Waals surface area contributed by atoms with Gasteiger partial charge in [-0.1, -0.05) is 0 Å². The standard InChI is InChI=1S/C13H27F3N4.HI/c1-11(2)20(4)10-6-5-8-18-12(17-3)19-9-7-13(14,15)16;/h11H,5-10H2,1-4H3,(H2,17,18,19);1H. The van der Waals surface area contributed by atoms with E-state index in [9.17, 15) is 13.2 Å². The number of unbranched alkanes of at least 4 members (excludes halogenated alkanes) is 1. The molecule has 0 fully saturated rings. The first-order valence-corrected chi connectivity index (χ1v) is 6.97. The number of alkyl halides is 3. The average molecular weight is 424 g/mol. The lowest BCUT2D eigenvalue weighted by molar-refractivity contribution is -0.132. The molecule has 21 heavy (non-hydrogen) atoms. The van der Waals surface area contributed by atoms with Gasteiger partial charge in [-0.3, -0.25) is 4.99 Å². The fourth-order valence-electron chi connectivity index (χ4n) is 1.49. The van der Waals surface area contributed by atoms with E-state index < -0.39 is 12.6 Å². The van der Waals surface area contributed by atoms with Crippen molar-refractivity contribution in [3.05, 3.63) is 0 Å². The van der Waals surface area contributed by atoms with Crippen LogP contribution in [0.3, 0.4) is 0 Å². The van der Waals surface area contributed by atoms with Crippen LogP contribution >= 0.6 is 24.0 Å². The van der Waals surface area contributed by atoms with Crippen LogP contribution in [0.25, 0.3) is 0 Å². The van der Waals surface area contributed by atoms with Gasteiger partial charge in [-0.05, 0) is 40.3 Å². The number of rotatable bonds is 8. The van der Waals surface area contributed by atoms with Crippen LogP contribution in [-0.2, 0) is 0 Å². The average Bonchev–Trinajstić information content (AvgIpc) is 2.34. The molecular formula is C13H28F3IN4. The number of hydrogen-bond acceptors (Lipinski definition) is 2. The van der Waals surface area contributed by atoms with Crippen molar-refractivity contribution in [1.29, 1.82) is 0 Å². The van der Waals surface area contributed by atoms with Crippen LogP contribution in [0.2, 0.25) is 0 Å². The third kappa shape index (κ3) is 14.5. The lowest BCUT2D eigenvalue weighted by atomic mass is 10.2. The Morgan fingerprint density at radius 3 is 2.19 bits per heavy atom. The van der Waals surface area contributed by atoms with Crippen LogP contribution < -0.4 is 10.6 Å². The molecule has 0 aromatic rings. The van der Waals surface area contributed by atoms with Crippen molar-refractivity contribution in [3.63, 3.8) is 0 Å². The second kappa shape index (κ2) is 12.3. The van der Waals surface area contributed by atoms with Crippen molar-refractivity contribution in [1.82, 2.24) is 15.5 Å². The van der Waals surface area contributed by atoms with E-state index in [1.807, 2.05) is 0 Å². The molecule has 0 unspecified atom stereocenters. The van der Waals surface area contributed by atoms with Gasteiger partial charge in [0.1, 0.15) is 0 Å². The Hall–Kier alpha value is -0.250. The first-order chi connectivity index (χ1) is 9.26. The molecule has 0 saturated heterocycles. The molecule has 128 valence electrons. The first-order valence-electron chi connectivity index (χ1n) is 6.97. The van der Waals surface area contributed by atoms with E-state index in [0.29, 0.717) is 18.5 Å². The van der Waals surface area contributed by atoms with Gasteiger partial charge in [0.2, 0.25) is 0 Å². The summed E-state index contributed by atoms with van der Waals surface area (Å²) in [5.41, 5.74) is 0. The van der Waals surface area contributed by atoms with Crippen LogP contribution in [0.4, 0.5) is 13.2 Å². The molecule has 2 N–H and O–H groups in total. The summed E-state index contributed by atoms with van der Waals surface area (Å²) in [5, 5.41) is 5.66. The molecule has 0 aliphatic heterocycles.